The lowest BCUT2D eigenvalue weighted by Crippen LogP contribution is -2.13. The maximum atomic E-state index is 10.8. The highest BCUT2D eigenvalue weighted by atomic mass is 16.6. The molecule has 0 aromatic heterocycles. The van der Waals surface area contributed by atoms with E-state index in [9.17, 15) is 4.79 Å². The fourth-order valence-electron chi connectivity index (χ4n) is 0.502. The van der Waals surface area contributed by atoms with E-state index in [1.165, 1.54) is 6.08 Å². The van der Waals surface area contributed by atoms with E-state index < -0.39 is 0 Å². The van der Waals surface area contributed by atoms with Crippen molar-refractivity contribution in [2.24, 2.45) is 0 Å². The molecule has 0 saturated heterocycles. The Bertz CT molecular complexity index is 173. The van der Waals surface area contributed by atoms with Crippen molar-refractivity contribution < 1.29 is 14.3 Å². The van der Waals surface area contributed by atoms with Crippen LogP contribution in [0.2, 0.25) is 0 Å². The van der Waals surface area contributed by atoms with Crippen molar-refractivity contribution in [3.63, 3.8) is 0 Å². The Balaban J connectivity index is 3.31. The van der Waals surface area contributed by atoms with Crippen LogP contribution in [0.5, 0.6) is 0 Å². The molecule has 0 N–H and O–H groups in total. The molecule has 0 aliphatic heterocycles. The maximum absolute atomic E-state index is 10.8. The highest BCUT2D eigenvalue weighted by Crippen LogP contribution is 1.89. The second-order valence-corrected chi connectivity index (χ2v) is 2.42. The summed E-state index contributed by atoms with van der Waals surface area (Å²) in [6, 6.07) is 0. The van der Waals surface area contributed by atoms with Gasteiger partial charge in [0.05, 0.1) is 6.61 Å². The molecule has 0 atom stereocenters. The Kier molecular flexibility index (Phi) is 6.01. The molecule has 0 rings (SSSR count). The molecule has 0 amide bonds. The zero-order chi connectivity index (χ0) is 9.40. The van der Waals surface area contributed by atoms with Crippen LogP contribution < -0.4 is 0 Å². The van der Waals surface area contributed by atoms with Gasteiger partial charge in [-0.25, -0.2) is 4.79 Å². The monoisotopic (exact) mass is 170 g/mol. The van der Waals surface area contributed by atoms with E-state index >= 15 is 0 Å². The predicted molar refractivity (Wildman–Crippen MR) is 46.8 cm³/mol. The van der Waals surface area contributed by atoms with Gasteiger partial charge in [0.25, 0.3) is 0 Å². The van der Waals surface area contributed by atoms with E-state index in [1.807, 2.05) is 6.92 Å². The Hall–Kier alpha value is -1.09. The van der Waals surface area contributed by atoms with E-state index in [0.29, 0.717) is 6.61 Å². The van der Waals surface area contributed by atoms with Gasteiger partial charge in [-0.1, -0.05) is 24.8 Å². The van der Waals surface area contributed by atoms with Crippen LogP contribution in [-0.2, 0) is 14.3 Å². The molecule has 0 aliphatic rings. The molecule has 0 bridgehead atoms. The van der Waals surface area contributed by atoms with E-state index in [1.54, 1.807) is 0 Å². The second kappa shape index (κ2) is 6.61. The molecular formula is C9H14O3. The number of carbonyl (C=O) groups is 1. The van der Waals surface area contributed by atoms with Gasteiger partial charge in [-0.15, -0.1) is 0 Å². The highest BCUT2D eigenvalue weighted by molar-refractivity contribution is 5.70. The van der Waals surface area contributed by atoms with Crippen LogP contribution in [0.3, 0.4) is 0 Å². The van der Waals surface area contributed by atoms with Crippen molar-refractivity contribution in [2.45, 2.75) is 6.92 Å². The first kappa shape index (κ1) is 10.9. The van der Waals surface area contributed by atoms with E-state index in [4.69, 9.17) is 4.74 Å². The zero-order valence-corrected chi connectivity index (χ0v) is 7.34. The lowest BCUT2D eigenvalue weighted by Gasteiger charge is -2.02. The summed E-state index contributed by atoms with van der Waals surface area (Å²) in [5.41, 5.74) is 0.881. The summed E-state index contributed by atoms with van der Waals surface area (Å²) in [7, 11) is 0. The minimum absolute atomic E-state index is 0.0271. The quantitative estimate of drug-likeness (QED) is 0.445. The first-order valence-electron chi connectivity index (χ1n) is 3.65. The minimum atomic E-state index is -0.379. The maximum Gasteiger partial charge on any atom is 0.332 e. The molecule has 0 saturated carbocycles. The van der Waals surface area contributed by atoms with Crippen LogP contribution in [-0.4, -0.2) is 25.8 Å². The third-order valence-electron chi connectivity index (χ3n) is 0.931. The molecule has 3 nitrogen and oxygen atoms in total. The van der Waals surface area contributed by atoms with Gasteiger partial charge in [0.1, 0.15) is 13.2 Å². The largest absolute Gasteiger partial charge is 0.460 e. The predicted octanol–water partition coefficient (Wildman–Crippen LogP) is 1.31. The molecule has 0 radical (unpaired) electrons. The molecule has 3 heteroatoms. The van der Waals surface area contributed by atoms with E-state index in [2.05, 4.69) is 17.9 Å². The van der Waals surface area contributed by atoms with Gasteiger partial charge >= 0.3 is 5.97 Å². The summed E-state index contributed by atoms with van der Waals surface area (Å²) in [6.45, 7) is 9.45. The van der Waals surface area contributed by atoms with Gasteiger partial charge in [0, 0.05) is 0 Å². The van der Waals surface area contributed by atoms with Crippen molar-refractivity contribution in [2.75, 3.05) is 19.8 Å². The van der Waals surface area contributed by atoms with Crippen LogP contribution in [0, 0.1) is 0 Å². The van der Waals surface area contributed by atoms with Crippen LogP contribution >= 0.6 is 0 Å². The average Bonchev–Trinajstić information content (AvgIpc) is 2.00. The second-order valence-electron chi connectivity index (χ2n) is 2.42. The number of hydrogen-bond donors (Lipinski definition) is 0. The summed E-state index contributed by atoms with van der Waals surface area (Å²) in [5, 5.41) is 0. The number of carbonyl (C=O) groups excluding carboxylic acids is 1. The standard InChI is InChI=1S/C9H14O3/c1-4-5-12-9(10)7-11-6-8(2)3/h4H,1-2,5-7H2,3H3. The number of hydrogen-bond acceptors (Lipinski definition) is 3. The Labute approximate surface area is 72.7 Å². The minimum Gasteiger partial charge on any atom is -0.460 e. The summed E-state index contributed by atoms with van der Waals surface area (Å²) in [4.78, 5) is 10.8. The van der Waals surface area contributed by atoms with Crippen LogP contribution in [0.15, 0.2) is 24.8 Å². The van der Waals surface area contributed by atoms with Crippen molar-refractivity contribution >= 4 is 5.97 Å². The average molecular weight is 170 g/mol. The summed E-state index contributed by atoms with van der Waals surface area (Å²) >= 11 is 0. The molecular weight excluding hydrogens is 156 g/mol. The topological polar surface area (TPSA) is 35.5 Å². The molecule has 0 aromatic rings. The Morgan fingerprint density at radius 3 is 2.67 bits per heavy atom. The molecule has 12 heavy (non-hydrogen) atoms. The van der Waals surface area contributed by atoms with Crippen LogP contribution in [0.25, 0.3) is 0 Å². The Morgan fingerprint density at radius 2 is 2.17 bits per heavy atom. The summed E-state index contributed by atoms with van der Waals surface area (Å²) < 4.78 is 9.61. The smallest absolute Gasteiger partial charge is 0.332 e. The summed E-state index contributed by atoms with van der Waals surface area (Å²) in [5.74, 6) is -0.379. The van der Waals surface area contributed by atoms with Gasteiger partial charge < -0.3 is 9.47 Å². The van der Waals surface area contributed by atoms with Gasteiger partial charge in [-0.3, -0.25) is 0 Å². The van der Waals surface area contributed by atoms with Gasteiger partial charge in [0.15, 0.2) is 0 Å². The van der Waals surface area contributed by atoms with Crippen LogP contribution in [0.1, 0.15) is 6.92 Å². The van der Waals surface area contributed by atoms with E-state index in [0.717, 1.165) is 5.57 Å². The van der Waals surface area contributed by atoms with Gasteiger partial charge in [-0.2, -0.15) is 0 Å². The Morgan fingerprint density at radius 1 is 1.50 bits per heavy atom. The molecule has 0 aliphatic carbocycles. The first-order valence-corrected chi connectivity index (χ1v) is 3.65. The van der Waals surface area contributed by atoms with Crippen molar-refractivity contribution in [1.82, 2.24) is 0 Å². The van der Waals surface area contributed by atoms with Gasteiger partial charge in [-0.05, 0) is 6.92 Å². The molecule has 0 heterocycles. The van der Waals surface area contributed by atoms with Crippen molar-refractivity contribution in [1.29, 1.82) is 0 Å². The summed E-state index contributed by atoms with van der Waals surface area (Å²) in [6.07, 6.45) is 1.51. The van der Waals surface area contributed by atoms with E-state index in [-0.39, 0.29) is 19.2 Å². The normalized spacial score (nSPS) is 9.08. The number of rotatable bonds is 6. The molecule has 0 unspecified atom stereocenters. The third kappa shape index (κ3) is 7.02. The van der Waals surface area contributed by atoms with Crippen molar-refractivity contribution in [3.05, 3.63) is 24.8 Å². The molecule has 0 spiro atoms. The highest BCUT2D eigenvalue weighted by Gasteiger charge is 2.00. The first-order chi connectivity index (χ1) is 5.66. The number of ether oxygens (including phenoxy) is 2. The van der Waals surface area contributed by atoms with Crippen molar-refractivity contribution in [3.8, 4) is 0 Å². The number of esters is 1. The lowest BCUT2D eigenvalue weighted by molar-refractivity contribution is -0.147. The molecule has 68 valence electrons. The SMILES string of the molecule is C=CCOC(=O)COCC(=C)C. The fraction of sp³-hybridized carbons (Fsp3) is 0.444. The molecule has 0 fully saturated rings. The zero-order valence-electron chi connectivity index (χ0n) is 7.34. The van der Waals surface area contributed by atoms with Gasteiger partial charge in [0.2, 0.25) is 0 Å². The lowest BCUT2D eigenvalue weighted by atomic mass is 10.4. The fourth-order valence-corrected chi connectivity index (χ4v) is 0.502. The van der Waals surface area contributed by atoms with Crippen LogP contribution in [0.4, 0.5) is 0 Å². The third-order valence-corrected chi connectivity index (χ3v) is 0.931. The molecule has 0 aromatic carbocycles.